The maximum atomic E-state index is 4.38. The van der Waals surface area contributed by atoms with Gasteiger partial charge in [0.2, 0.25) is 0 Å². The van der Waals surface area contributed by atoms with E-state index >= 15 is 0 Å². The van der Waals surface area contributed by atoms with Crippen LogP contribution >= 0.6 is 0 Å². The standard InChI is InChI=1S/C12H19N5/c1-16(2)11-5-4-10(8-14-11)9-15-12-13-6-7-17(12)3/h4-5,8H,6-7,9H2,1-3H3,(H,13,15). The zero-order chi connectivity index (χ0) is 12.3. The molecule has 5 nitrogen and oxygen atoms in total. The molecule has 0 bridgehead atoms. The molecule has 0 radical (unpaired) electrons. The second-order valence-electron chi connectivity index (χ2n) is 4.40. The van der Waals surface area contributed by atoms with Crippen LogP contribution in [-0.4, -0.2) is 50.1 Å². The molecule has 0 aromatic carbocycles. The lowest BCUT2D eigenvalue weighted by molar-refractivity contribution is 0.534. The molecule has 1 aromatic heterocycles. The van der Waals surface area contributed by atoms with Crippen molar-refractivity contribution in [3.05, 3.63) is 23.9 Å². The average molecular weight is 233 g/mol. The van der Waals surface area contributed by atoms with E-state index in [0.717, 1.165) is 31.4 Å². The Bertz CT molecular complexity index is 396. The summed E-state index contributed by atoms with van der Waals surface area (Å²) < 4.78 is 0. The van der Waals surface area contributed by atoms with Gasteiger partial charge >= 0.3 is 0 Å². The molecule has 0 atom stereocenters. The minimum Gasteiger partial charge on any atom is -0.363 e. The molecule has 1 aliphatic heterocycles. The molecule has 2 heterocycles. The number of nitrogens with one attached hydrogen (secondary N) is 1. The number of nitrogens with zero attached hydrogens (tertiary/aromatic N) is 4. The van der Waals surface area contributed by atoms with Crippen LogP contribution in [0.15, 0.2) is 23.3 Å². The topological polar surface area (TPSA) is 43.8 Å². The van der Waals surface area contributed by atoms with Gasteiger partial charge in [0.25, 0.3) is 0 Å². The number of hydrogen-bond donors (Lipinski definition) is 1. The monoisotopic (exact) mass is 233 g/mol. The fourth-order valence-corrected chi connectivity index (χ4v) is 1.69. The third-order valence-electron chi connectivity index (χ3n) is 2.78. The summed E-state index contributed by atoms with van der Waals surface area (Å²) in [6, 6.07) is 4.11. The zero-order valence-corrected chi connectivity index (χ0v) is 10.6. The van der Waals surface area contributed by atoms with E-state index in [1.807, 2.05) is 38.3 Å². The third-order valence-corrected chi connectivity index (χ3v) is 2.78. The van der Waals surface area contributed by atoms with Crippen LogP contribution in [0.1, 0.15) is 5.56 Å². The van der Waals surface area contributed by atoms with Crippen LogP contribution in [0.2, 0.25) is 0 Å². The van der Waals surface area contributed by atoms with Gasteiger partial charge in [-0.15, -0.1) is 0 Å². The second kappa shape index (κ2) is 5.03. The molecule has 5 heteroatoms. The number of hydrogen-bond acceptors (Lipinski definition) is 5. The first-order chi connectivity index (χ1) is 8.16. The van der Waals surface area contributed by atoms with Crippen molar-refractivity contribution in [3.8, 4) is 0 Å². The van der Waals surface area contributed by atoms with E-state index in [1.54, 1.807) is 0 Å². The Morgan fingerprint density at radius 3 is 2.76 bits per heavy atom. The summed E-state index contributed by atoms with van der Waals surface area (Å²) in [5, 5.41) is 3.32. The van der Waals surface area contributed by atoms with E-state index < -0.39 is 0 Å². The lowest BCUT2D eigenvalue weighted by Gasteiger charge is -2.15. The lowest BCUT2D eigenvalue weighted by Crippen LogP contribution is -2.35. The summed E-state index contributed by atoms with van der Waals surface area (Å²) in [5.41, 5.74) is 1.17. The Labute approximate surface area is 102 Å². The molecule has 2 rings (SSSR count). The fourth-order valence-electron chi connectivity index (χ4n) is 1.69. The van der Waals surface area contributed by atoms with Gasteiger partial charge in [-0.05, 0) is 11.6 Å². The van der Waals surface area contributed by atoms with Crippen molar-refractivity contribution in [2.45, 2.75) is 6.54 Å². The first-order valence-electron chi connectivity index (χ1n) is 5.78. The van der Waals surface area contributed by atoms with Crippen LogP contribution in [0.4, 0.5) is 5.82 Å². The van der Waals surface area contributed by atoms with Crippen molar-refractivity contribution in [2.24, 2.45) is 4.99 Å². The van der Waals surface area contributed by atoms with E-state index in [-0.39, 0.29) is 0 Å². The molecule has 0 aliphatic carbocycles. The molecule has 17 heavy (non-hydrogen) atoms. The average Bonchev–Trinajstić information content (AvgIpc) is 2.73. The van der Waals surface area contributed by atoms with Crippen molar-refractivity contribution in [2.75, 3.05) is 39.1 Å². The minimum atomic E-state index is 0.768. The van der Waals surface area contributed by atoms with Crippen molar-refractivity contribution in [1.82, 2.24) is 15.2 Å². The minimum absolute atomic E-state index is 0.768. The predicted molar refractivity (Wildman–Crippen MR) is 70.3 cm³/mol. The van der Waals surface area contributed by atoms with Crippen LogP contribution in [0.25, 0.3) is 0 Å². The molecular formula is C12H19N5. The van der Waals surface area contributed by atoms with Gasteiger partial charge < -0.3 is 15.1 Å². The number of likely N-dealkylation sites (N-methyl/N-ethyl adjacent to an activating group) is 1. The van der Waals surface area contributed by atoms with Gasteiger partial charge in [-0.25, -0.2) is 4.98 Å². The van der Waals surface area contributed by atoms with Crippen LogP contribution in [0.5, 0.6) is 0 Å². The molecule has 0 saturated carbocycles. The molecule has 0 unspecified atom stereocenters. The Morgan fingerprint density at radius 2 is 2.24 bits per heavy atom. The maximum Gasteiger partial charge on any atom is 0.194 e. The summed E-state index contributed by atoms with van der Waals surface area (Å²) in [7, 11) is 6.02. The predicted octanol–water partition coefficient (Wildman–Crippen LogP) is 0.539. The number of anilines is 1. The molecule has 1 aliphatic rings. The van der Waals surface area contributed by atoms with E-state index in [9.17, 15) is 0 Å². The second-order valence-corrected chi connectivity index (χ2v) is 4.40. The Balaban J connectivity index is 1.91. The summed E-state index contributed by atoms with van der Waals surface area (Å²) in [6.45, 7) is 2.65. The van der Waals surface area contributed by atoms with Crippen LogP contribution < -0.4 is 10.2 Å². The molecule has 92 valence electrons. The first kappa shape index (κ1) is 11.7. The molecule has 0 amide bonds. The van der Waals surface area contributed by atoms with Gasteiger partial charge in [-0.3, -0.25) is 4.99 Å². The SMILES string of the molecule is CN1CCN=C1NCc1ccc(N(C)C)nc1. The molecule has 1 N–H and O–H groups in total. The summed E-state index contributed by atoms with van der Waals surface area (Å²) >= 11 is 0. The normalized spacial score (nSPS) is 14.8. The van der Waals surface area contributed by atoms with Gasteiger partial charge in [-0.2, -0.15) is 0 Å². The van der Waals surface area contributed by atoms with E-state index in [0.29, 0.717) is 0 Å². The lowest BCUT2D eigenvalue weighted by atomic mass is 10.3. The zero-order valence-electron chi connectivity index (χ0n) is 10.6. The highest BCUT2D eigenvalue weighted by atomic mass is 15.3. The Hall–Kier alpha value is -1.78. The van der Waals surface area contributed by atoms with Crippen LogP contribution in [-0.2, 0) is 6.54 Å². The van der Waals surface area contributed by atoms with E-state index in [2.05, 4.69) is 26.3 Å². The van der Waals surface area contributed by atoms with Gasteiger partial charge in [0.05, 0.1) is 6.54 Å². The molecular weight excluding hydrogens is 214 g/mol. The summed E-state index contributed by atoms with van der Waals surface area (Å²) in [6.07, 6.45) is 1.90. The third kappa shape index (κ3) is 2.87. The van der Waals surface area contributed by atoms with Crippen LogP contribution in [0.3, 0.4) is 0 Å². The number of guanidine groups is 1. The van der Waals surface area contributed by atoms with Gasteiger partial charge in [0, 0.05) is 40.4 Å². The molecule has 0 spiro atoms. The Kier molecular flexibility index (Phi) is 3.46. The first-order valence-corrected chi connectivity index (χ1v) is 5.78. The highest BCUT2D eigenvalue weighted by molar-refractivity contribution is 5.81. The highest BCUT2D eigenvalue weighted by Gasteiger charge is 2.11. The smallest absolute Gasteiger partial charge is 0.194 e. The number of rotatable bonds is 3. The fraction of sp³-hybridized carbons (Fsp3) is 0.500. The summed E-state index contributed by atoms with van der Waals surface area (Å²) in [4.78, 5) is 12.9. The van der Waals surface area contributed by atoms with E-state index in [1.165, 1.54) is 5.56 Å². The highest BCUT2D eigenvalue weighted by Crippen LogP contribution is 2.07. The number of aromatic nitrogens is 1. The van der Waals surface area contributed by atoms with Crippen molar-refractivity contribution in [3.63, 3.8) is 0 Å². The summed E-state index contributed by atoms with van der Waals surface area (Å²) in [5.74, 6) is 1.95. The quantitative estimate of drug-likeness (QED) is 0.827. The maximum absolute atomic E-state index is 4.38. The largest absolute Gasteiger partial charge is 0.363 e. The molecule has 0 fully saturated rings. The van der Waals surface area contributed by atoms with Gasteiger partial charge in [0.15, 0.2) is 5.96 Å². The molecule has 1 aromatic rings. The van der Waals surface area contributed by atoms with Crippen LogP contribution in [0, 0.1) is 0 Å². The van der Waals surface area contributed by atoms with Gasteiger partial charge in [-0.1, -0.05) is 6.07 Å². The Morgan fingerprint density at radius 1 is 1.41 bits per heavy atom. The number of aliphatic imine (C=N–C) groups is 1. The van der Waals surface area contributed by atoms with Gasteiger partial charge in [0.1, 0.15) is 5.82 Å². The van der Waals surface area contributed by atoms with Crippen molar-refractivity contribution in [1.29, 1.82) is 0 Å². The molecule has 0 saturated heterocycles. The number of pyridine rings is 1. The van der Waals surface area contributed by atoms with Crippen molar-refractivity contribution < 1.29 is 0 Å². The van der Waals surface area contributed by atoms with Crippen molar-refractivity contribution >= 4 is 11.8 Å². The van der Waals surface area contributed by atoms with E-state index in [4.69, 9.17) is 0 Å².